The molecule has 0 bridgehead atoms. The highest BCUT2D eigenvalue weighted by Crippen LogP contribution is 2.36. The Hall–Kier alpha value is -2.98. The fraction of sp³-hybridized carbons (Fsp3) is 0.379. The van der Waals surface area contributed by atoms with Gasteiger partial charge in [0.1, 0.15) is 23.9 Å². The number of nitrogens with zero attached hydrogens (tertiary/aromatic N) is 1. The molecule has 0 spiro atoms. The lowest BCUT2D eigenvalue weighted by Gasteiger charge is -2.28. The van der Waals surface area contributed by atoms with E-state index in [9.17, 15) is 0 Å². The molecule has 4 rings (SSSR count). The SMILES string of the molecule is COc1cc(OCc2cccc(C3=CC=CC=CC3)c2C)cc(OC)c1CN1CCCCC1. The number of methoxy groups -OCH3 is 2. The molecule has 0 atom stereocenters. The Kier molecular flexibility index (Phi) is 7.90. The minimum Gasteiger partial charge on any atom is -0.496 e. The molecule has 4 nitrogen and oxygen atoms in total. The van der Waals surface area contributed by atoms with Gasteiger partial charge in [0.05, 0.1) is 19.8 Å². The van der Waals surface area contributed by atoms with Crippen molar-refractivity contribution in [3.8, 4) is 17.2 Å². The van der Waals surface area contributed by atoms with Crippen LogP contribution in [0.5, 0.6) is 17.2 Å². The summed E-state index contributed by atoms with van der Waals surface area (Å²) in [6, 6.07) is 10.4. The number of likely N-dealkylation sites (tertiary alicyclic amines) is 1. The van der Waals surface area contributed by atoms with E-state index in [-0.39, 0.29) is 0 Å². The first kappa shape index (κ1) is 23.2. The number of hydrogen-bond donors (Lipinski definition) is 0. The van der Waals surface area contributed by atoms with Gasteiger partial charge in [0.25, 0.3) is 0 Å². The lowest BCUT2D eigenvalue weighted by atomic mass is 9.94. The number of allylic oxidation sites excluding steroid dienone is 6. The maximum atomic E-state index is 6.25. The van der Waals surface area contributed by atoms with E-state index in [2.05, 4.69) is 60.4 Å². The van der Waals surface area contributed by atoms with Crippen molar-refractivity contribution in [2.75, 3.05) is 27.3 Å². The first-order chi connectivity index (χ1) is 16.2. The summed E-state index contributed by atoms with van der Waals surface area (Å²) < 4.78 is 17.7. The molecule has 0 N–H and O–H groups in total. The highest BCUT2D eigenvalue weighted by atomic mass is 16.5. The summed E-state index contributed by atoms with van der Waals surface area (Å²) in [4.78, 5) is 2.48. The van der Waals surface area contributed by atoms with Crippen LogP contribution in [0, 0.1) is 6.92 Å². The molecule has 1 saturated heterocycles. The van der Waals surface area contributed by atoms with Crippen LogP contribution < -0.4 is 14.2 Å². The number of ether oxygens (including phenoxy) is 3. The molecule has 2 aromatic rings. The molecular weight excluding hydrogens is 410 g/mol. The number of hydrogen-bond acceptors (Lipinski definition) is 4. The predicted octanol–water partition coefficient (Wildman–Crippen LogP) is 6.48. The molecule has 0 saturated carbocycles. The Balaban J connectivity index is 1.52. The Morgan fingerprint density at radius 2 is 1.67 bits per heavy atom. The first-order valence-corrected chi connectivity index (χ1v) is 11.9. The van der Waals surface area contributed by atoms with Gasteiger partial charge in [-0.25, -0.2) is 0 Å². The smallest absolute Gasteiger partial charge is 0.130 e. The molecule has 0 amide bonds. The second kappa shape index (κ2) is 11.2. The van der Waals surface area contributed by atoms with E-state index in [1.54, 1.807) is 14.2 Å². The Morgan fingerprint density at radius 3 is 2.39 bits per heavy atom. The molecule has 1 heterocycles. The van der Waals surface area contributed by atoms with Gasteiger partial charge >= 0.3 is 0 Å². The minimum absolute atomic E-state index is 0.496. The van der Waals surface area contributed by atoms with Crippen LogP contribution in [0.2, 0.25) is 0 Å². The van der Waals surface area contributed by atoms with Crippen LogP contribution in [0.15, 0.2) is 60.7 Å². The number of rotatable bonds is 8. The zero-order valence-corrected chi connectivity index (χ0v) is 20.1. The maximum absolute atomic E-state index is 6.25. The third kappa shape index (κ3) is 5.69. The summed E-state index contributed by atoms with van der Waals surface area (Å²) in [7, 11) is 3.43. The second-order valence-corrected chi connectivity index (χ2v) is 8.73. The standard InChI is InChI=1S/C29H35NO3/c1-22-24(14-11-15-26(22)23-12-7-4-5-8-13-23)21-33-25-18-28(31-2)27(29(19-25)32-3)20-30-16-9-6-10-17-30/h4-5,7-8,11-12,14-15,18-19H,6,9-10,13,16-17,20-21H2,1-3H3. The van der Waals surface area contributed by atoms with Crippen LogP contribution in [-0.2, 0) is 13.2 Å². The average molecular weight is 446 g/mol. The van der Waals surface area contributed by atoms with Gasteiger partial charge in [-0.05, 0) is 61.5 Å². The van der Waals surface area contributed by atoms with Gasteiger partial charge in [0.2, 0.25) is 0 Å². The van der Waals surface area contributed by atoms with E-state index >= 15 is 0 Å². The first-order valence-electron chi connectivity index (χ1n) is 11.9. The van der Waals surface area contributed by atoms with Crippen molar-refractivity contribution in [2.24, 2.45) is 0 Å². The molecule has 1 fully saturated rings. The molecular formula is C29H35NO3. The zero-order valence-electron chi connectivity index (χ0n) is 20.1. The third-order valence-electron chi connectivity index (χ3n) is 6.59. The molecule has 2 aromatic carbocycles. The van der Waals surface area contributed by atoms with E-state index in [0.717, 1.165) is 48.9 Å². The largest absolute Gasteiger partial charge is 0.496 e. The van der Waals surface area contributed by atoms with Crippen LogP contribution >= 0.6 is 0 Å². The van der Waals surface area contributed by atoms with E-state index in [1.807, 2.05) is 12.1 Å². The Morgan fingerprint density at radius 1 is 0.909 bits per heavy atom. The topological polar surface area (TPSA) is 30.9 Å². The molecule has 0 radical (unpaired) electrons. The van der Waals surface area contributed by atoms with Gasteiger partial charge in [-0.15, -0.1) is 0 Å². The van der Waals surface area contributed by atoms with Crippen LogP contribution in [0.3, 0.4) is 0 Å². The van der Waals surface area contributed by atoms with Crippen LogP contribution in [0.4, 0.5) is 0 Å². The van der Waals surface area contributed by atoms with E-state index in [4.69, 9.17) is 14.2 Å². The van der Waals surface area contributed by atoms with E-state index < -0.39 is 0 Å². The summed E-state index contributed by atoms with van der Waals surface area (Å²) >= 11 is 0. The predicted molar refractivity (Wildman–Crippen MR) is 135 cm³/mol. The van der Waals surface area contributed by atoms with Crippen molar-refractivity contribution in [3.05, 3.63) is 83.0 Å². The summed E-state index contributed by atoms with van der Waals surface area (Å²) in [5.74, 6) is 2.40. The number of piperidine rings is 1. The van der Waals surface area contributed by atoms with Crippen molar-refractivity contribution in [1.82, 2.24) is 4.90 Å². The quantitative estimate of drug-likeness (QED) is 0.465. The van der Waals surface area contributed by atoms with Crippen molar-refractivity contribution < 1.29 is 14.2 Å². The van der Waals surface area contributed by atoms with Gasteiger partial charge in [-0.3, -0.25) is 4.90 Å². The second-order valence-electron chi connectivity index (χ2n) is 8.73. The molecule has 0 unspecified atom stereocenters. The highest BCUT2D eigenvalue weighted by molar-refractivity contribution is 5.72. The van der Waals surface area contributed by atoms with Crippen molar-refractivity contribution in [1.29, 1.82) is 0 Å². The molecule has 33 heavy (non-hydrogen) atoms. The van der Waals surface area contributed by atoms with E-state index in [1.165, 1.54) is 41.5 Å². The third-order valence-corrected chi connectivity index (χ3v) is 6.59. The summed E-state index contributed by atoms with van der Waals surface area (Å²) in [5, 5.41) is 0. The fourth-order valence-electron chi connectivity index (χ4n) is 4.67. The summed E-state index contributed by atoms with van der Waals surface area (Å²) in [5.41, 5.74) is 6.13. The lowest BCUT2D eigenvalue weighted by Crippen LogP contribution is -2.29. The highest BCUT2D eigenvalue weighted by Gasteiger charge is 2.19. The Labute approximate surface area is 198 Å². The van der Waals surface area contributed by atoms with Gasteiger partial charge < -0.3 is 14.2 Å². The molecule has 2 aliphatic rings. The van der Waals surface area contributed by atoms with Crippen molar-refractivity contribution >= 4 is 5.57 Å². The fourth-order valence-corrected chi connectivity index (χ4v) is 4.67. The van der Waals surface area contributed by atoms with Crippen LogP contribution in [-0.4, -0.2) is 32.2 Å². The van der Waals surface area contributed by atoms with Crippen LogP contribution in [0.1, 0.15) is 47.9 Å². The van der Waals surface area contributed by atoms with Gasteiger partial charge in [-0.1, -0.05) is 55.0 Å². The molecule has 4 heteroatoms. The van der Waals surface area contributed by atoms with E-state index in [0.29, 0.717) is 6.61 Å². The monoisotopic (exact) mass is 445 g/mol. The molecule has 1 aliphatic heterocycles. The number of benzene rings is 2. The molecule has 0 aromatic heterocycles. The summed E-state index contributed by atoms with van der Waals surface area (Å²) in [6.07, 6.45) is 15.4. The molecule has 174 valence electrons. The molecule has 1 aliphatic carbocycles. The Bertz CT molecular complexity index is 1020. The maximum Gasteiger partial charge on any atom is 0.130 e. The van der Waals surface area contributed by atoms with Crippen molar-refractivity contribution in [3.63, 3.8) is 0 Å². The van der Waals surface area contributed by atoms with Crippen molar-refractivity contribution in [2.45, 2.75) is 45.8 Å². The summed E-state index contributed by atoms with van der Waals surface area (Å²) in [6.45, 7) is 5.77. The normalized spacial score (nSPS) is 16.3. The van der Waals surface area contributed by atoms with Gasteiger partial charge in [-0.2, -0.15) is 0 Å². The van der Waals surface area contributed by atoms with Gasteiger partial charge in [0.15, 0.2) is 0 Å². The lowest BCUT2D eigenvalue weighted by molar-refractivity contribution is 0.214. The average Bonchev–Trinajstić information content (AvgIpc) is 3.14. The van der Waals surface area contributed by atoms with Gasteiger partial charge in [0, 0.05) is 18.7 Å². The van der Waals surface area contributed by atoms with Crippen LogP contribution in [0.25, 0.3) is 5.57 Å². The minimum atomic E-state index is 0.496. The zero-order chi connectivity index (χ0) is 23.0.